The molecule has 5 aliphatic heterocycles. The van der Waals surface area contributed by atoms with Crippen molar-refractivity contribution in [3.63, 3.8) is 0 Å². The number of pyridine rings is 2. The second-order valence-electron chi connectivity index (χ2n) is 20.8. The maximum absolute atomic E-state index is 15.1. The third-order valence-corrected chi connectivity index (χ3v) is 15.7. The van der Waals surface area contributed by atoms with E-state index >= 15 is 8.78 Å². The van der Waals surface area contributed by atoms with E-state index in [1.807, 2.05) is 83.1 Å². The van der Waals surface area contributed by atoms with Gasteiger partial charge in [0.1, 0.15) is 10.3 Å². The van der Waals surface area contributed by atoms with Gasteiger partial charge in [0.25, 0.3) is 0 Å². The van der Waals surface area contributed by atoms with Gasteiger partial charge in [-0.05, 0) is 152 Å². The molecule has 0 spiro atoms. The predicted octanol–water partition coefficient (Wildman–Crippen LogP) is 9.60. The van der Waals surface area contributed by atoms with Gasteiger partial charge in [-0.25, -0.2) is 27.5 Å². The summed E-state index contributed by atoms with van der Waals surface area (Å²) in [6, 6.07) is 9.76. The number of carbonyl (C=O) groups is 2. The zero-order valence-electron chi connectivity index (χ0n) is 41.3. The smallest absolute Gasteiger partial charge is 0.405 e. The van der Waals surface area contributed by atoms with Crippen LogP contribution in [0.2, 0.25) is 10.3 Å². The molecular weight excluding hydrogens is 1020 g/mol. The van der Waals surface area contributed by atoms with E-state index < -0.39 is 55.6 Å². The van der Waals surface area contributed by atoms with E-state index in [2.05, 4.69) is 25.9 Å². The summed E-state index contributed by atoms with van der Waals surface area (Å²) in [7, 11) is -1.97. The lowest BCUT2D eigenvalue weighted by Gasteiger charge is -2.32. The summed E-state index contributed by atoms with van der Waals surface area (Å²) in [6.07, 6.45) is 3.88. The predicted molar refractivity (Wildman–Crippen MR) is 266 cm³/mol. The molecule has 0 aliphatic carbocycles. The van der Waals surface area contributed by atoms with Crippen LogP contribution in [0, 0.1) is 23.3 Å². The lowest BCUT2D eigenvalue weighted by atomic mass is 9.49. The van der Waals surface area contributed by atoms with Gasteiger partial charge in [0.15, 0.2) is 23.3 Å². The van der Waals surface area contributed by atoms with Crippen LogP contribution in [-0.2, 0) is 63.2 Å². The first-order chi connectivity index (χ1) is 32.4. The van der Waals surface area contributed by atoms with Gasteiger partial charge in [-0.1, -0.05) is 41.4 Å². The molecule has 4 aromatic rings. The molecule has 374 valence electrons. The Morgan fingerprint density at radius 3 is 1.33 bits per heavy atom. The van der Waals surface area contributed by atoms with E-state index in [0.717, 1.165) is 0 Å². The third kappa shape index (κ3) is 10.5. The molecule has 22 heteroatoms. The van der Waals surface area contributed by atoms with Gasteiger partial charge in [-0.3, -0.25) is 9.59 Å². The Bertz CT molecular complexity index is 2620. The van der Waals surface area contributed by atoms with Crippen LogP contribution in [0.5, 0.6) is 0 Å². The number of halogens is 7. The molecule has 3 fully saturated rings. The third-order valence-electron chi connectivity index (χ3n) is 14.5. The number of anilines is 2. The SMILES string of the molecule is CC1(C)OB(B2OC(C)(C)C(C)(C)O2)OC1(C)C.CC1(C)OB(c2cc3c(c(F)c2F)N(C(=O)Cc2cccnc2Cl)CC3)OC1(C)C.O=C(Cc1cccnc1Cl)N1CCc2cc(Br)c(F)c(F)c21. The van der Waals surface area contributed by atoms with Gasteiger partial charge < -0.3 is 37.7 Å². The number of hydrogen-bond donors (Lipinski definition) is 0. The monoisotopic (exact) mass is 1070 g/mol. The second kappa shape index (κ2) is 19.7. The van der Waals surface area contributed by atoms with Crippen molar-refractivity contribution in [3.05, 3.63) is 109 Å². The fraction of sp³-hybridized carbons (Fsp3) is 0.500. The van der Waals surface area contributed by atoms with Crippen LogP contribution >= 0.6 is 39.1 Å². The lowest BCUT2D eigenvalue weighted by molar-refractivity contribution is -0.118. The molecule has 12 nitrogen and oxygen atoms in total. The number of carbonyl (C=O) groups excluding carboxylic acids is 2. The van der Waals surface area contributed by atoms with E-state index in [4.69, 9.17) is 51.1 Å². The molecule has 0 unspecified atom stereocenters. The Hall–Kier alpha value is -3.59. The number of fused-ring (bicyclic) bond motifs is 2. The van der Waals surface area contributed by atoms with E-state index in [-0.39, 0.29) is 85.2 Å². The van der Waals surface area contributed by atoms with E-state index in [0.29, 0.717) is 41.6 Å². The molecule has 7 heterocycles. The van der Waals surface area contributed by atoms with Gasteiger partial charge in [0, 0.05) is 30.9 Å². The molecule has 9 rings (SSSR count). The van der Waals surface area contributed by atoms with Crippen molar-refractivity contribution in [1.82, 2.24) is 9.97 Å². The zero-order valence-corrected chi connectivity index (χ0v) is 44.4. The highest BCUT2D eigenvalue weighted by atomic mass is 79.9. The normalized spacial score (nSPS) is 20.7. The molecule has 2 aromatic heterocycles. The summed E-state index contributed by atoms with van der Waals surface area (Å²) in [4.78, 5) is 35.6. The fourth-order valence-electron chi connectivity index (χ4n) is 8.24. The van der Waals surface area contributed by atoms with E-state index in [1.54, 1.807) is 30.3 Å². The summed E-state index contributed by atoms with van der Waals surface area (Å²) in [5.41, 5.74) is -0.549. The Labute approximate surface area is 426 Å². The van der Waals surface area contributed by atoms with Crippen LogP contribution in [0.25, 0.3) is 0 Å². The summed E-state index contributed by atoms with van der Waals surface area (Å²) >= 11 is 14.9. The number of benzene rings is 2. The highest BCUT2D eigenvalue weighted by Crippen LogP contribution is 2.44. The van der Waals surface area contributed by atoms with Crippen molar-refractivity contribution < 1.29 is 55.1 Å². The molecule has 3 saturated heterocycles. The van der Waals surface area contributed by atoms with Gasteiger partial charge in [0.05, 0.1) is 62.3 Å². The van der Waals surface area contributed by atoms with Gasteiger partial charge in [-0.2, -0.15) is 0 Å². The number of aromatic nitrogens is 2. The molecular formula is C48H56B3BrCl2F4N4O8. The first kappa shape index (κ1) is 54.2. The molecule has 0 bridgehead atoms. The van der Waals surface area contributed by atoms with Crippen molar-refractivity contribution in [3.8, 4) is 0 Å². The fourth-order valence-corrected chi connectivity index (χ4v) is 9.06. The molecule has 0 radical (unpaired) electrons. The van der Waals surface area contributed by atoms with E-state index in [1.165, 1.54) is 28.3 Å². The van der Waals surface area contributed by atoms with Gasteiger partial charge >= 0.3 is 21.1 Å². The first-order valence-corrected chi connectivity index (χ1v) is 24.5. The van der Waals surface area contributed by atoms with Crippen LogP contribution in [0.15, 0.2) is 53.3 Å². The van der Waals surface area contributed by atoms with Crippen molar-refractivity contribution in [2.45, 2.75) is 142 Å². The highest BCUT2D eigenvalue weighted by molar-refractivity contribution is 9.10. The molecule has 2 amide bonds. The van der Waals surface area contributed by atoms with Gasteiger partial charge in [0.2, 0.25) is 11.8 Å². The number of amides is 2. The largest absolute Gasteiger partial charge is 0.497 e. The molecule has 2 aromatic carbocycles. The Morgan fingerprint density at radius 1 is 0.586 bits per heavy atom. The van der Waals surface area contributed by atoms with E-state index in [9.17, 15) is 18.4 Å². The second-order valence-corrected chi connectivity index (χ2v) is 22.4. The zero-order chi connectivity index (χ0) is 51.7. The standard InChI is InChI=1S/C21H22BClF2N2O3.C15H10BrClF2N2O.C12H24B2O4/c1-20(2)21(3,4)30-22(29-20)14-10-12-7-9-27(18(12)17(25)16(14)24)15(28)11-13-6-5-8-26-19(13)23;16-10-6-8-3-5-21(14(8)13(19)12(10)18)11(22)7-9-2-1-4-20-15(9)17;1-9(2)10(3,4)16-13(15-9)14-17-11(5,6)12(7,8)18-14/h5-6,8,10H,7,9,11H2,1-4H3;1-2,4,6H,3,5,7H2;1-8H3. The topological polar surface area (TPSA) is 122 Å². The highest BCUT2D eigenvalue weighted by Gasteiger charge is 2.64. The maximum Gasteiger partial charge on any atom is 0.497 e. The number of nitrogens with zero attached hydrogens (tertiary/aromatic N) is 4. The Kier molecular flexibility index (Phi) is 15.2. The van der Waals surface area contributed by atoms with Crippen LogP contribution in [-0.4, -0.2) is 89.6 Å². The number of hydrogen-bond acceptors (Lipinski definition) is 10. The average Bonchev–Trinajstić information content (AvgIpc) is 4.03. The summed E-state index contributed by atoms with van der Waals surface area (Å²) in [5.74, 6) is -4.84. The Balaban J connectivity index is 0.000000161. The quantitative estimate of drug-likeness (QED) is 0.0799. The Morgan fingerprint density at radius 2 is 0.943 bits per heavy atom. The van der Waals surface area contributed by atoms with Crippen LogP contribution in [0.3, 0.4) is 0 Å². The molecule has 0 atom stereocenters. The van der Waals surface area contributed by atoms with Gasteiger partial charge in [-0.15, -0.1) is 0 Å². The minimum absolute atomic E-state index is 0.00880. The van der Waals surface area contributed by atoms with Crippen molar-refractivity contribution in [2.75, 3.05) is 22.9 Å². The lowest BCUT2D eigenvalue weighted by Crippen LogP contribution is -2.41. The molecule has 0 saturated carbocycles. The van der Waals surface area contributed by atoms with Crippen molar-refractivity contribution >= 4 is 88.9 Å². The molecule has 70 heavy (non-hydrogen) atoms. The summed E-state index contributed by atoms with van der Waals surface area (Å²) in [5, 5.41) is 0.450. The first-order valence-electron chi connectivity index (χ1n) is 22.9. The molecule has 5 aliphatic rings. The molecule has 0 N–H and O–H groups in total. The van der Waals surface area contributed by atoms with Crippen molar-refractivity contribution in [2.24, 2.45) is 0 Å². The van der Waals surface area contributed by atoms with Crippen LogP contribution in [0.1, 0.15) is 105 Å². The van der Waals surface area contributed by atoms with Crippen LogP contribution < -0.4 is 15.3 Å². The van der Waals surface area contributed by atoms with Crippen molar-refractivity contribution in [1.29, 1.82) is 0 Å². The number of rotatable bonds is 6. The van der Waals surface area contributed by atoms with Crippen LogP contribution in [0.4, 0.5) is 28.9 Å². The summed E-state index contributed by atoms with van der Waals surface area (Å²) in [6.45, 7) is 24.2. The average molecular weight is 1080 g/mol. The minimum atomic E-state index is -1.07. The maximum atomic E-state index is 15.1. The minimum Gasteiger partial charge on any atom is -0.405 e. The summed E-state index contributed by atoms with van der Waals surface area (Å²) < 4.78 is 93.7.